The Morgan fingerprint density at radius 2 is 2.14 bits per heavy atom. The Labute approximate surface area is 129 Å². The van der Waals surface area contributed by atoms with Crippen LogP contribution in [-0.2, 0) is 6.54 Å². The van der Waals surface area contributed by atoms with E-state index in [1.165, 1.54) is 18.9 Å². The van der Waals surface area contributed by atoms with E-state index >= 15 is 0 Å². The van der Waals surface area contributed by atoms with Crippen molar-refractivity contribution in [3.05, 3.63) is 64.1 Å². The van der Waals surface area contributed by atoms with Gasteiger partial charge in [0.2, 0.25) is 0 Å². The maximum Gasteiger partial charge on any atom is 0.269 e. The van der Waals surface area contributed by atoms with E-state index in [0.29, 0.717) is 6.54 Å². The molecule has 0 bridgehead atoms. The Morgan fingerprint density at radius 1 is 1.23 bits per heavy atom. The number of likely N-dealkylation sites (tertiary alicyclic amines) is 1. The first kappa shape index (κ1) is 14.8. The third kappa shape index (κ3) is 3.36. The molecule has 1 aliphatic heterocycles. The summed E-state index contributed by atoms with van der Waals surface area (Å²) < 4.78 is 5.61. The van der Waals surface area contributed by atoms with Crippen LogP contribution in [0, 0.1) is 10.1 Å². The average Bonchev–Trinajstić information content (AvgIpc) is 2.95. The second-order valence-electron chi connectivity index (χ2n) is 5.78. The second kappa shape index (κ2) is 6.75. The largest absolute Gasteiger partial charge is 0.468 e. The van der Waals surface area contributed by atoms with Crippen LogP contribution in [0.2, 0.25) is 0 Å². The van der Waals surface area contributed by atoms with Gasteiger partial charge in [-0.05, 0) is 37.1 Å². The van der Waals surface area contributed by atoms with Gasteiger partial charge in [-0.1, -0.05) is 25.0 Å². The molecule has 1 saturated heterocycles. The first-order valence-electron chi connectivity index (χ1n) is 7.75. The van der Waals surface area contributed by atoms with Crippen LogP contribution in [-0.4, -0.2) is 16.4 Å². The van der Waals surface area contributed by atoms with E-state index in [2.05, 4.69) is 4.90 Å². The summed E-state index contributed by atoms with van der Waals surface area (Å²) in [5.74, 6) is 0.993. The molecule has 22 heavy (non-hydrogen) atoms. The number of nitrogens with zero attached hydrogens (tertiary/aromatic N) is 2. The fraction of sp³-hybridized carbons (Fsp3) is 0.412. The van der Waals surface area contributed by atoms with Crippen LogP contribution < -0.4 is 0 Å². The quantitative estimate of drug-likeness (QED) is 0.623. The normalized spacial score (nSPS) is 19.7. The molecule has 0 aliphatic carbocycles. The Morgan fingerprint density at radius 3 is 2.91 bits per heavy atom. The highest BCUT2D eigenvalue weighted by atomic mass is 16.6. The van der Waals surface area contributed by atoms with Crippen LogP contribution in [0.5, 0.6) is 0 Å². The van der Waals surface area contributed by atoms with Crippen molar-refractivity contribution in [1.82, 2.24) is 4.90 Å². The van der Waals surface area contributed by atoms with Crippen molar-refractivity contribution in [1.29, 1.82) is 0 Å². The van der Waals surface area contributed by atoms with Gasteiger partial charge in [0.25, 0.3) is 5.69 Å². The SMILES string of the molecule is O=[N+]([O-])c1cccc(CN2CCCCCC2c2ccco2)c1. The van der Waals surface area contributed by atoms with Crippen molar-refractivity contribution in [3.63, 3.8) is 0 Å². The zero-order valence-corrected chi connectivity index (χ0v) is 12.5. The van der Waals surface area contributed by atoms with Crippen molar-refractivity contribution in [2.24, 2.45) is 0 Å². The average molecular weight is 300 g/mol. The minimum absolute atomic E-state index is 0.155. The Balaban J connectivity index is 1.81. The zero-order chi connectivity index (χ0) is 15.4. The van der Waals surface area contributed by atoms with Gasteiger partial charge >= 0.3 is 0 Å². The number of hydrogen-bond acceptors (Lipinski definition) is 4. The molecule has 3 rings (SSSR count). The molecule has 116 valence electrons. The monoisotopic (exact) mass is 300 g/mol. The molecule has 5 nitrogen and oxygen atoms in total. The van der Waals surface area contributed by atoms with E-state index in [1.54, 1.807) is 18.4 Å². The second-order valence-corrected chi connectivity index (χ2v) is 5.78. The van der Waals surface area contributed by atoms with Gasteiger partial charge < -0.3 is 4.42 Å². The van der Waals surface area contributed by atoms with Crippen molar-refractivity contribution < 1.29 is 9.34 Å². The zero-order valence-electron chi connectivity index (χ0n) is 12.5. The molecule has 2 heterocycles. The molecule has 0 saturated carbocycles. The van der Waals surface area contributed by atoms with Crippen LogP contribution in [0.3, 0.4) is 0 Å². The molecule has 0 N–H and O–H groups in total. The minimum atomic E-state index is -0.337. The van der Waals surface area contributed by atoms with Gasteiger partial charge in [-0.2, -0.15) is 0 Å². The maximum atomic E-state index is 10.9. The van der Waals surface area contributed by atoms with Gasteiger partial charge in [-0.15, -0.1) is 0 Å². The number of nitro groups is 1. The smallest absolute Gasteiger partial charge is 0.269 e. The highest BCUT2D eigenvalue weighted by Gasteiger charge is 2.25. The van der Waals surface area contributed by atoms with Gasteiger partial charge in [0.05, 0.1) is 17.2 Å². The first-order valence-corrected chi connectivity index (χ1v) is 7.75. The van der Waals surface area contributed by atoms with Gasteiger partial charge in [-0.25, -0.2) is 0 Å². The van der Waals surface area contributed by atoms with E-state index < -0.39 is 0 Å². The van der Waals surface area contributed by atoms with Crippen molar-refractivity contribution in [2.45, 2.75) is 38.3 Å². The number of non-ortho nitro benzene ring substituents is 1. The lowest BCUT2D eigenvalue weighted by Gasteiger charge is -2.28. The van der Waals surface area contributed by atoms with E-state index in [0.717, 1.165) is 30.7 Å². The number of rotatable bonds is 4. The van der Waals surface area contributed by atoms with Crippen molar-refractivity contribution in [2.75, 3.05) is 6.54 Å². The molecule has 1 unspecified atom stereocenters. The van der Waals surface area contributed by atoms with Crippen molar-refractivity contribution >= 4 is 5.69 Å². The van der Waals surface area contributed by atoms with Crippen LogP contribution in [0.4, 0.5) is 5.69 Å². The third-order valence-corrected chi connectivity index (χ3v) is 4.24. The standard InChI is InChI=1S/C17H20N2O3/c20-19(21)15-7-4-6-14(12-15)13-18-10-3-1-2-8-16(18)17-9-5-11-22-17/h4-7,9,11-12,16H,1-3,8,10,13H2. The third-order valence-electron chi connectivity index (χ3n) is 4.24. The Kier molecular flexibility index (Phi) is 4.53. The summed E-state index contributed by atoms with van der Waals surface area (Å²) in [4.78, 5) is 13.0. The van der Waals surface area contributed by atoms with E-state index in [9.17, 15) is 10.1 Å². The van der Waals surface area contributed by atoms with Crippen LogP contribution in [0.15, 0.2) is 47.1 Å². The molecule has 1 aromatic heterocycles. The molecule has 1 aliphatic rings. The number of furan rings is 1. The van der Waals surface area contributed by atoms with E-state index in [1.807, 2.05) is 18.2 Å². The lowest BCUT2D eigenvalue weighted by atomic mass is 10.1. The number of hydrogen-bond donors (Lipinski definition) is 0. The first-order chi connectivity index (χ1) is 10.7. The van der Waals surface area contributed by atoms with E-state index in [-0.39, 0.29) is 16.7 Å². The van der Waals surface area contributed by atoms with Crippen LogP contribution in [0.1, 0.15) is 43.0 Å². The predicted octanol–water partition coefficient (Wildman–Crippen LogP) is 4.31. The molecule has 0 radical (unpaired) electrons. The van der Waals surface area contributed by atoms with Gasteiger partial charge in [-0.3, -0.25) is 15.0 Å². The fourth-order valence-electron chi connectivity index (χ4n) is 3.16. The molecular formula is C17H20N2O3. The number of nitro benzene ring substituents is 1. The topological polar surface area (TPSA) is 59.5 Å². The molecule has 1 aromatic carbocycles. The molecule has 1 atom stereocenters. The molecule has 5 heteroatoms. The Bertz CT molecular complexity index is 625. The summed E-state index contributed by atoms with van der Waals surface area (Å²) in [5.41, 5.74) is 1.13. The summed E-state index contributed by atoms with van der Waals surface area (Å²) in [6.45, 7) is 1.71. The van der Waals surface area contributed by atoms with Gasteiger partial charge in [0.1, 0.15) is 5.76 Å². The fourth-order valence-corrected chi connectivity index (χ4v) is 3.16. The summed E-state index contributed by atoms with van der Waals surface area (Å²) in [7, 11) is 0. The Hall–Kier alpha value is -2.14. The summed E-state index contributed by atoms with van der Waals surface area (Å²) in [6.07, 6.45) is 6.36. The van der Waals surface area contributed by atoms with E-state index in [4.69, 9.17) is 4.42 Å². The summed E-state index contributed by atoms with van der Waals surface area (Å²) >= 11 is 0. The minimum Gasteiger partial charge on any atom is -0.468 e. The lowest BCUT2D eigenvalue weighted by Crippen LogP contribution is -2.27. The molecule has 0 spiro atoms. The summed E-state index contributed by atoms with van der Waals surface area (Å²) in [5, 5.41) is 10.9. The van der Waals surface area contributed by atoms with Crippen molar-refractivity contribution in [3.8, 4) is 0 Å². The van der Waals surface area contributed by atoms with Crippen LogP contribution >= 0.6 is 0 Å². The highest BCUT2D eigenvalue weighted by Crippen LogP contribution is 2.32. The van der Waals surface area contributed by atoms with Crippen LogP contribution in [0.25, 0.3) is 0 Å². The molecule has 0 amide bonds. The van der Waals surface area contributed by atoms with Gasteiger partial charge in [0.15, 0.2) is 0 Å². The molecular weight excluding hydrogens is 280 g/mol. The van der Waals surface area contributed by atoms with Gasteiger partial charge in [0, 0.05) is 18.7 Å². The number of benzene rings is 1. The predicted molar refractivity (Wildman–Crippen MR) is 83.4 cm³/mol. The molecule has 2 aromatic rings. The summed E-state index contributed by atoms with van der Waals surface area (Å²) in [6, 6.07) is 11.1. The maximum absolute atomic E-state index is 10.9. The highest BCUT2D eigenvalue weighted by molar-refractivity contribution is 5.34. The lowest BCUT2D eigenvalue weighted by molar-refractivity contribution is -0.384. The molecule has 1 fully saturated rings.